The number of hydrogen-bond acceptors (Lipinski definition) is 0. The molecule has 0 heterocycles. The van der Waals surface area contributed by atoms with E-state index in [1.165, 1.54) is 94.6 Å². The van der Waals surface area contributed by atoms with Gasteiger partial charge in [0.05, 0.1) is 0 Å². The summed E-state index contributed by atoms with van der Waals surface area (Å²) in [6.07, 6.45) is 18.3. The first kappa shape index (κ1) is 22.6. The second-order valence-electron chi connectivity index (χ2n) is 10.6. The lowest BCUT2D eigenvalue weighted by atomic mass is 9.77. The van der Waals surface area contributed by atoms with Gasteiger partial charge in [0.15, 0.2) is 0 Å². The van der Waals surface area contributed by atoms with Crippen molar-refractivity contribution in [2.24, 2.45) is 11.8 Å². The molecule has 2 aliphatic carbocycles. The first-order valence-corrected chi connectivity index (χ1v) is 13.5. The number of rotatable bonds is 9. The Labute approximate surface area is 191 Å². The second kappa shape index (κ2) is 11.3. The first-order chi connectivity index (χ1) is 15.3. The summed E-state index contributed by atoms with van der Waals surface area (Å²) < 4.78 is 0. The van der Waals surface area contributed by atoms with Gasteiger partial charge >= 0.3 is 0 Å². The maximum atomic E-state index is 2.41. The van der Waals surface area contributed by atoms with E-state index in [4.69, 9.17) is 0 Å². The van der Waals surface area contributed by atoms with Crippen molar-refractivity contribution in [2.75, 3.05) is 0 Å². The SMILES string of the molecule is CCCCCC1CCC(c2ccc(-c3ccc([C@H]4CC[C@@H](CCC)C4)cc3)cc2)CC1. The highest BCUT2D eigenvalue weighted by molar-refractivity contribution is 5.64. The normalized spacial score (nSPS) is 26.3. The largest absolute Gasteiger partial charge is 0.0654 e. The van der Waals surface area contributed by atoms with Gasteiger partial charge in [0.2, 0.25) is 0 Å². The smallest absolute Gasteiger partial charge is 0.0159 e. The highest BCUT2D eigenvalue weighted by Gasteiger charge is 2.25. The molecule has 2 aromatic rings. The second-order valence-corrected chi connectivity index (χ2v) is 10.6. The Bertz CT molecular complexity index is 761. The van der Waals surface area contributed by atoms with E-state index in [1.54, 1.807) is 11.1 Å². The van der Waals surface area contributed by atoms with Crippen molar-refractivity contribution in [3.63, 3.8) is 0 Å². The highest BCUT2D eigenvalue weighted by atomic mass is 14.3. The molecule has 0 amide bonds. The molecule has 4 rings (SSSR count). The lowest BCUT2D eigenvalue weighted by Gasteiger charge is -2.29. The molecule has 2 aromatic carbocycles. The van der Waals surface area contributed by atoms with Crippen molar-refractivity contribution in [3.8, 4) is 11.1 Å². The van der Waals surface area contributed by atoms with Crippen LogP contribution in [0.15, 0.2) is 48.5 Å². The van der Waals surface area contributed by atoms with Gasteiger partial charge in [-0.2, -0.15) is 0 Å². The summed E-state index contributed by atoms with van der Waals surface area (Å²) >= 11 is 0. The van der Waals surface area contributed by atoms with E-state index >= 15 is 0 Å². The first-order valence-electron chi connectivity index (χ1n) is 13.5. The third-order valence-electron chi connectivity index (χ3n) is 8.40. The molecule has 0 aliphatic heterocycles. The van der Waals surface area contributed by atoms with Crippen molar-refractivity contribution in [1.82, 2.24) is 0 Å². The quantitative estimate of drug-likeness (QED) is 0.357. The monoisotopic (exact) mass is 416 g/mol. The van der Waals surface area contributed by atoms with Gasteiger partial charge in [-0.15, -0.1) is 0 Å². The van der Waals surface area contributed by atoms with Crippen molar-refractivity contribution in [1.29, 1.82) is 0 Å². The molecule has 2 atom stereocenters. The zero-order valence-electron chi connectivity index (χ0n) is 20.1. The van der Waals surface area contributed by atoms with Gasteiger partial charge in [-0.25, -0.2) is 0 Å². The van der Waals surface area contributed by atoms with Gasteiger partial charge < -0.3 is 0 Å². The lowest BCUT2D eigenvalue weighted by Crippen LogP contribution is -2.13. The molecule has 0 bridgehead atoms. The molecule has 0 unspecified atom stereocenters. The molecule has 0 heteroatoms. The molecule has 2 aliphatic rings. The number of benzene rings is 2. The topological polar surface area (TPSA) is 0 Å². The number of unbranched alkanes of at least 4 members (excludes halogenated alkanes) is 2. The van der Waals surface area contributed by atoms with Crippen LogP contribution in [0.25, 0.3) is 11.1 Å². The van der Waals surface area contributed by atoms with Crippen LogP contribution in [0.5, 0.6) is 0 Å². The maximum Gasteiger partial charge on any atom is -0.0159 e. The van der Waals surface area contributed by atoms with E-state index in [2.05, 4.69) is 62.4 Å². The predicted molar refractivity (Wildman–Crippen MR) is 136 cm³/mol. The fourth-order valence-corrected chi connectivity index (χ4v) is 6.41. The summed E-state index contributed by atoms with van der Waals surface area (Å²) in [6, 6.07) is 19.1. The molecule has 2 saturated carbocycles. The predicted octanol–water partition coefficient (Wildman–Crippen LogP) is 9.89. The van der Waals surface area contributed by atoms with Gasteiger partial charge in [-0.3, -0.25) is 0 Å². The molecular formula is C31H44. The Morgan fingerprint density at radius 3 is 1.68 bits per heavy atom. The number of hydrogen-bond donors (Lipinski definition) is 0. The molecule has 2 fully saturated rings. The standard InChI is InChI=1S/C31H44/c1-3-5-6-8-24-9-12-26(13-10-24)27-15-17-28(18-16-27)29-19-21-30(22-20-29)31-14-11-25(23-31)7-4-2/h15-22,24-26,31H,3-14,23H2,1-2H3/t24?,25-,26?,31+/m1/s1. The van der Waals surface area contributed by atoms with Crippen LogP contribution in [0.3, 0.4) is 0 Å². The molecule has 0 spiro atoms. The third kappa shape index (κ3) is 6.03. The van der Waals surface area contributed by atoms with Gasteiger partial charge in [-0.05, 0) is 90.9 Å². The Balaban J connectivity index is 1.30. The van der Waals surface area contributed by atoms with Crippen LogP contribution < -0.4 is 0 Å². The fraction of sp³-hybridized carbons (Fsp3) is 0.613. The molecule has 0 N–H and O–H groups in total. The van der Waals surface area contributed by atoms with Gasteiger partial charge in [0.1, 0.15) is 0 Å². The minimum Gasteiger partial charge on any atom is -0.0654 e. The van der Waals surface area contributed by atoms with E-state index in [-0.39, 0.29) is 0 Å². The van der Waals surface area contributed by atoms with Crippen molar-refractivity contribution in [3.05, 3.63) is 59.7 Å². The van der Waals surface area contributed by atoms with Gasteiger partial charge in [0.25, 0.3) is 0 Å². The molecule has 0 radical (unpaired) electrons. The van der Waals surface area contributed by atoms with E-state index in [0.717, 1.165) is 23.7 Å². The Morgan fingerprint density at radius 1 is 0.548 bits per heavy atom. The van der Waals surface area contributed by atoms with Crippen molar-refractivity contribution >= 4 is 0 Å². The zero-order valence-corrected chi connectivity index (χ0v) is 20.1. The minimum absolute atomic E-state index is 0.789. The van der Waals surface area contributed by atoms with Crippen molar-refractivity contribution in [2.45, 2.75) is 109 Å². The molecule has 0 saturated heterocycles. The maximum absolute atomic E-state index is 2.41. The Kier molecular flexibility index (Phi) is 8.28. The summed E-state index contributed by atoms with van der Waals surface area (Å²) in [6.45, 7) is 4.64. The van der Waals surface area contributed by atoms with Crippen molar-refractivity contribution < 1.29 is 0 Å². The van der Waals surface area contributed by atoms with Crippen LogP contribution >= 0.6 is 0 Å². The van der Waals surface area contributed by atoms with Crippen LogP contribution in [0.2, 0.25) is 0 Å². The lowest BCUT2D eigenvalue weighted by molar-refractivity contribution is 0.303. The molecule has 0 nitrogen and oxygen atoms in total. The summed E-state index contributed by atoms with van der Waals surface area (Å²) in [5.41, 5.74) is 5.88. The van der Waals surface area contributed by atoms with Crippen LogP contribution in [0.1, 0.15) is 120 Å². The highest BCUT2D eigenvalue weighted by Crippen LogP contribution is 2.41. The Hall–Kier alpha value is -1.56. The van der Waals surface area contributed by atoms with E-state index < -0.39 is 0 Å². The fourth-order valence-electron chi connectivity index (χ4n) is 6.41. The molecule has 31 heavy (non-hydrogen) atoms. The average molecular weight is 417 g/mol. The minimum atomic E-state index is 0.789. The molecule has 168 valence electrons. The molecule has 0 aromatic heterocycles. The van der Waals surface area contributed by atoms with Gasteiger partial charge in [0, 0.05) is 0 Å². The third-order valence-corrected chi connectivity index (χ3v) is 8.40. The van der Waals surface area contributed by atoms with E-state index in [1.807, 2.05) is 0 Å². The summed E-state index contributed by atoms with van der Waals surface area (Å²) in [7, 11) is 0. The van der Waals surface area contributed by atoms with Crippen LogP contribution in [0.4, 0.5) is 0 Å². The average Bonchev–Trinajstić information content (AvgIpc) is 3.29. The van der Waals surface area contributed by atoms with Crippen LogP contribution in [-0.2, 0) is 0 Å². The summed E-state index contributed by atoms with van der Waals surface area (Å²) in [5, 5.41) is 0. The van der Waals surface area contributed by atoms with E-state index in [9.17, 15) is 0 Å². The zero-order chi connectivity index (χ0) is 21.5. The van der Waals surface area contributed by atoms with Gasteiger partial charge in [-0.1, -0.05) is 101 Å². The van der Waals surface area contributed by atoms with Crippen LogP contribution in [0, 0.1) is 11.8 Å². The van der Waals surface area contributed by atoms with Crippen LogP contribution in [-0.4, -0.2) is 0 Å². The molecular weight excluding hydrogens is 372 g/mol. The summed E-state index contributed by atoms with van der Waals surface area (Å²) in [4.78, 5) is 0. The summed E-state index contributed by atoms with van der Waals surface area (Å²) in [5.74, 6) is 3.55. The van der Waals surface area contributed by atoms with E-state index in [0.29, 0.717) is 0 Å². The Morgan fingerprint density at radius 2 is 1.10 bits per heavy atom.